The summed E-state index contributed by atoms with van der Waals surface area (Å²) in [5.41, 5.74) is 3.44. The Morgan fingerprint density at radius 1 is 1.12 bits per heavy atom. The second-order valence-electron chi connectivity index (χ2n) is 6.38. The number of aliphatic hydroxyl groups is 3. The molecule has 1 aliphatic rings. The summed E-state index contributed by atoms with van der Waals surface area (Å²) in [7, 11) is 0. The molecule has 4 N–H and O–H groups in total. The maximum Gasteiger partial charge on any atom is 0.138 e. The average molecular weight is 340 g/mol. The number of nitrogens with zero attached hydrogens (tertiary/aromatic N) is 1. The predicted molar refractivity (Wildman–Crippen MR) is 92.9 cm³/mol. The molecule has 4 rings (SSSR count). The zero-order valence-corrected chi connectivity index (χ0v) is 13.5. The van der Waals surface area contributed by atoms with Crippen LogP contribution in [-0.2, 0) is 4.74 Å². The van der Waals surface area contributed by atoms with Crippen molar-refractivity contribution in [3.8, 4) is 11.4 Å². The van der Waals surface area contributed by atoms with Gasteiger partial charge >= 0.3 is 0 Å². The molecule has 0 spiro atoms. The number of aromatic nitrogens is 2. The normalized spacial score (nSPS) is 26.8. The van der Waals surface area contributed by atoms with Crippen molar-refractivity contribution < 1.29 is 20.1 Å². The van der Waals surface area contributed by atoms with Crippen molar-refractivity contribution in [2.24, 2.45) is 0 Å². The van der Waals surface area contributed by atoms with E-state index in [2.05, 4.69) is 9.97 Å². The topological polar surface area (TPSA) is 98.6 Å². The summed E-state index contributed by atoms with van der Waals surface area (Å²) in [6, 6.07) is 15.3. The number of aromatic amines is 1. The summed E-state index contributed by atoms with van der Waals surface area (Å²) in [5.74, 6) is 0.729. The van der Waals surface area contributed by atoms with Crippen LogP contribution in [0.5, 0.6) is 0 Å². The van der Waals surface area contributed by atoms with Gasteiger partial charge in [-0.25, -0.2) is 4.98 Å². The largest absolute Gasteiger partial charge is 0.394 e. The SMILES string of the molecule is OCC1CC(O)C(O)C(c2cccc(-c3nc4ccccc4[nH]3)c2)O1. The summed E-state index contributed by atoms with van der Waals surface area (Å²) in [5, 5.41) is 29.7. The van der Waals surface area contributed by atoms with E-state index in [1.54, 1.807) is 0 Å². The molecule has 0 bridgehead atoms. The predicted octanol–water partition coefficient (Wildman–Crippen LogP) is 1.77. The summed E-state index contributed by atoms with van der Waals surface area (Å²) in [6.45, 7) is -0.191. The van der Waals surface area contributed by atoms with Gasteiger partial charge in [-0.2, -0.15) is 0 Å². The van der Waals surface area contributed by atoms with Gasteiger partial charge in [-0.3, -0.25) is 0 Å². The Bertz CT molecular complexity index is 845. The summed E-state index contributed by atoms with van der Waals surface area (Å²) < 4.78 is 5.76. The van der Waals surface area contributed by atoms with Crippen LogP contribution >= 0.6 is 0 Å². The zero-order valence-electron chi connectivity index (χ0n) is 13.5. The van der Waals surface area contributed by atoms with E-state index in [0.717, 1.165) is 28.0 Å². The van der Waals surface area contributed by atoms with Crippen LogP contribution in [0.25, 0.3) is 22.4 Å². The van der Waals surface area contributed by atoms with Crippen LogP contribution in [0.2, 0.25) is 0 Å². The highest BCUT2D eigenvalue weighted by atomic mass is 16.5. The summed E-state index contributed by atoms with van der Waals surface area (Å²) >= 11 is 0. The van der Waals surface area contributed by atoms with Crippen LogP contribution in [0.1, 0.15) is 18.1 Å². The molecule has 1 aliphatic heterocycles. The van der Waals surface area contributed by atoms with Gasteiger partial charge in [0.25, 0.3) is 0 Å². The summed E-state index contributed by atoms with van der Waals surface area (Å²) in [4.78, 5) is 7.86. The molecule has 0 saturated carbocycles. The molecule has 6 nitrogen and oxygen atoms in total. The van der Waals surface area contributed by atoms with E-state index in [1.807, 2.05) is 48.5 Å². The van der Waals surface area contributed by atoms with E-state index < -0.39 is 24.4 Å². The molecule has 2 aromatic carbocycles. The highest BCUT2D eigenvalue weighted by molar-refractivity contribution is 5.79. The van der Waals surface area contributed by atoms with E-state index in [1.165, 1.54) is 0 Å². The number of nitrogens with one attached hydrogen (secondary N) is 1. The number of fused-ring (bicyclic) bond motifs is 1. The van der Waals surface area contributed by atoms with Crippen molar-refractivity contribution in [2.75, 3.05) is 6.61 Å². The fourth-order valence-corrected chi connectivity index (χ4v) is 3.30. The fraction of sp³-hybridized carbons (Fsp3) is 0.316. The first kappa shape index (κ1) is 16.2. The zero-order chi connectivity index (χ0) is 17.4. The van der Waals surface area contributed by atoms with Gasteiger partial charge in [0.1, 0.15) is 18.0 Å². The molecule has 1 aromatic heterocycles. The molecule has 4 atom stereocenters. The van der Waals surface area contributed by atoms with Gasteiger partial charge in [0.05, 0.1) is 29.8 Å². The number of rotatable bonds is 3. The van der Waals surface area contributed by atoms with Crippen LogP contribution in [0.4, 0.5) is 0 Å². The number of para-hydroxylation sites is 2. The monoisotopic (exact) mass is 340 g/mol. The summed E-state index contributed by atoms with van der Waals surface area (Å²) in [6.07, 6.45) is -2.92. The van der Waals surface area contributed by atoms with Crippen molar-refractivity contribution >= 4 is 11.0 Å². The lowest BCUT2D eigenvalue weighted by Crippen LogP contribution is -2.44. The first-order valence-corrected chi connectivity index (χ1v) is 8.33. The molecular formula is C19H20N2O4. The third-order valence-electron chi connectivity index (χ3n) is 4.63. The smallest absolute Gasteiger partial charge is 0.138 e. The van der Waals surface area contributed by atoms with Crippen LogP contribution in [0.3, 0.4) is 0 Å². The van der Waals surface area contributed by atoms with Gasteiger partial charge in [0.2, 0.25) is 0 Å². The van der Waals surface area contributed by atoms with Gasteiger partial charge in [-0.15, -0.1) is 0 Å². The quantitative estimate of drug-likeness (QED) is 0.582. The number of hydrogen-bond donors (Lipinski definition) is 4. The first-order valence-electron chi connectivity index (χ1n) is 8.33. The molecular weight excluding hydrogens is 320 g/mol. The van der Waals surface area contributed by atoms with Gasteiger partial charge < -0.3 is 25.0 Å². The first-order chi connectivity index (χ1) is 12.2. The molecule has 0 aliphatic carbocycles. The van der Waals surface area contributed by atoms with Gasteiger partial charge in [-0.1, -0.05) is 30.3 Å². The van der Waals surface area contributed by atoms with E-state index in [0.29, 0.717) is 0 Å². The van der Waals surface area contributed by atoms with Crippen molar-refractivity contribution in [1.82, 2.24) is 9.97 Å². The molecule has 4 unspecified atom stereocenters. The van der Waals surface area contributed by atoms with Crippen LogP contribution in [0.15, 0.2) is 48.5 Å². The third kappa shape index (κ3) is 3.05. The molecule has 1 saturated heterocycles. The van der Waals surface area contributed by atoms with Crippen molar-refractivity contribution in [1.29, 1.82) is 0 Å². The van der Waals surface area contributed by atoms with Crippen LogP contribution in [-0.4, -0.2) is 50.2 Å². The Balaban J connectivity index is 1.69. The lowest BCUT2D eigenvalue weighted by Gasteiger charge is -2.36. The Kier molecular flexibility index (Phi) is 4.27. The second-order valence-corrected chi connectivity index (χ2v) is 6.38. The lowest BCUT2D eigenvalue weighted by atomic mass is 9.92. The van der Waals surface area contributed by atoms with Crippen molar-refractivity contribution in [3.05, 3.63) is 54.1 Å². The molecule has 1 fully saturated rings. The molecule has 25 heavy (non-hydrogen) atoms. The van der Waals surface area contributed by atoms with Gasteiger partial charge in [0, 0.05) is 12.0 Å². The average Bonchev–Trinajstić information content (AvgIpc) is 3.08. The maximum absolute atomic E-state index is 10.3. The molecule has 2 heterocycles. The van der Waals surface area contributed by atoms with E-state index >= 15 is 0 Å². The van der Waals surface area contributed by atoms with E-state index in [-0.39, 0.29) is 13.0 Å². The van der Waals surface area contributed by atoms with E-state index in [9.17, 15) is 15.3 Å². The number of aliphatic hydroxyl groups excluding tert-OH is 3. The Labute approximate surface area is 144 Å². The highest BCUT2D eigenvalue weighted by Crippen LogP contribution is 2.33. The second kappa shape index (κ2) is 6.57. The molecule has 130 valence electrons. The van der Waals surface area contributed by atoms with Crippen LogP contribution < -0.4 is 0 Å². The van der Waals surface area contributed by atoms with Gasteiger partial charge in [0.15, 0.2) is 0 Å². The molecule has 3 aromatic rings. The minimum absolute atomic E-state index is 0.191. The number of benzene rings is 2. The highest BCUT2D eigenvalue weighted by Gasteiger charge is 2.37. The van der Waals surface area contributed by atoms with Crippen molar-refractivity contribution in [3.63, 3.8) is 0 Å². The molecule has 0 radical (unpaired) electrons. The van der Waals surface area contributed by atoms with E-state index in [4.69, 9.17) is 4.74 Å². The third-order valence-corrected chi connectivity index (χ3v) is 4.63. The standard InChI is InChI=1S/C19H20N2O4/c22-10-13-9-16(23)17(24)18(25-13)11-4-3-5-12(8-11)19-20-14-6-1-2-7-15(14)21-19/h1-8,13,16-18,22-24H,9-10H2,(H,20,21). The number of H-pyrrole nitrogens is 1. The number of hydrogen-bond acceptors (Lipinski definition) is 5. The number of imidazole rings is 1. The minimum atomic E-state index is -1.03. The number of ether oxygens (including phenoxy) is 1. The molecule has 0 amide bonds. The minimum Gasteiger partial charge on any atom is -0.394 e. The van der Waals surface area contributed by atoms with Crippen molar-refractivity contribution in [2.45, 2.75) is 30.8 Å². The lowest BCUT2D eigenvalue weighted by molar-refractivity contribution is -0.179. The fourth-order valence-electron chi connectivity index (χ4n) is 3.30. The maximum atomic E-state index is 10.3. The van der Waals surface area contributed by atoms with Crippen LogP contribution in [0, 0.1) is 0 Å². The Morgan fingerprint density at radius 3 is 2.76 bits per heavy atom. The molecule has 6 heteroatoms. The Hall–Kier alpha value is -2.25. The van der Waals surface area contributed by atoms with Gasteiger partial charge in [-0.05, 0) is 23.8 Å². The Morgan fingerprint density at radius 2 is 1.96 bits per heavy atom.